The highest BCUT2D eigenvalue weighted by Crippen LogP contribution is 2.38. The first-order valence-electron chi connectivity index (χ1n) is 12.0. The molecule has 8 heteroatoms. The van der Waals surface area contributed by atoms with Gasteiger partial charge in [0.1, 0.15) is 0 Å². The van der Waals surface area contributed by atoms with E-state index in [2.05, 4.69) is 43.4 Å². The molecule has 2 aliphatic rings. The molecule has 1 amide bonds. The average Bonchev–Trinajstić information content (AvgIpc) is 2.88. The van der Waals surface area contributed by atoms with Gasteiger partial charge in [-0.15, -0.1) is 0 Å². The van der Waals surface area contributed by atoms with Crippen molar-refractivity contribution < 1.29 is 19.4 Å². The van der Waals surface area contributed by atoms with Crippen molar-refractivity contribution in [2.45, 2.75) is 39.2 Å². The van der Waals surface area contributed by atoms with Crippen LogP contribution in [0.3, 0.4) is 0 Å². The van der Waals surface area contributed by atoms with E-state index in [0.717, 1.165) is 23.4 Å². The molecule has 2 aromatic carbocycles. The summed E-state index contributed by atoms with van der Waals surface area (Å²) in [5, 5.41) is 14.3. The number of rotatable bonds is 6. The van der Waals surface area contributed by atoms with Crippen molar-refractivity contribution in [3.8, 4) is 11.5 Å². The van der Waals surface area contributed by atoms with Crippen LogP contribution >= 0.6 is 12.2 Å². The Morgan fingerprint density at radius 1 is 1.23 bits per heavy atom. The quantitative estimate of drug-likeness (QED) is 0.572. The van der Waals surface area contributed by atoms with Gasteiger partial charge in [-0.1, -0.05) is 32.0 Å². The summed E-state index contributed by atoms with van der Waals surface area (Å²) in [5.41, 5.74) is 4.26. The maximum absolute atomic E-state index is 13.8. The van der Waals surface area contributed by atoms with Crippen molar-refractivity contribution >= 4 is 28.9 Å². The van der Waals surface area contributed by atoms with Crippen LogP contribution in [0.5, 0.6) is 11.5 Å². The zero-order valence-corrected chi connectivity index (χ0v) is 21.5. The van der Waals surface area contributed by atoms with E-state index in [9.17, 15) is 9.90 Å². The topological polar surface area (TPSA) is 74.3 Å². The number of ether oxygens (including phenoxy) is 2. The second-order valence-corrected chi connectivity index (χ2v) is 9.34. The zero-order chi connectivity index (χ0) is 25.1. The Morgan fingerprint density at radius 2 is 1.91 bits per heavy atom. The average molecular weight is 496 g/mol. The van der Waals surface area contributed by atoms with Gasteiger partial charge in [0, 0.05) is 24.5 Å². The van der Waals surface area contributed by atoms with E-state index in [4.69, 9.17) is 21.7 Å². The number of amides is 1. The first-order chi connectivity index (χ1) is 16.8. The largest absolute Gasteiger partial charge is 0.504 e. The van der Waals surface area contributed by atoms with Gasteiger partial charge in [-0.3, -0.25) is 9.69 Å². The molecule has 0 bridgehead atoms. The Bertz CT molecular complexity index is 1130. The molecule has 2 atom stereocenters. The molecular formula is C27H33N3O4S. The molecule has 35 heavy (non-hydrogen) atoms. The summed E-state index contributed by atoms with van der Waals surface area (Å²) >= 11 is 5.80. The van der Waals surface area contributed by atoms with Gasteiger partial charge in [0.25, 0.3) is 5.91 Å². The number of nitrogens with one attached hydrogen (secondary N) is 1. The SMILES string of the molecule is CCC(C)c1ccc(N2C(=S)NC(c3ccc(OC)c(O)c3)C(C(=O)N3CCOCC3)=C2C)cc1. The van der Waals surface area contributed by atoms with E-state index in [-0.39, 0.29) is 11.7 Å². The highest BCUT2D eigenvalue weighted by atomic mass is 32.1. The molecule has 2 heterocycles. The summed E-state index contributed by atoms with van der Waals surface area (Å²) < 4.78 is 10.7. The molecule has 2 unspecified atom stereocenters. The molecular weight excluding hydrogens is 462 g/mol. The van der Waals surface area contributed by atoms with Crippen molar-refractivity contribution in [1.29, 1.82) is 0 Å². The van der Waals surface area contributed by atoms with Gasteiger partial charge >= 0.3 is 0 Å². The molecule has 2 aliphatic heterocycles. The normalized spacial score (nSPS) is 19.4. The molecule has 0 saturated carbocycles. The summed E-state index contributed by atoms with van der Waals surface area (Å²) in [6.07, 6.45) is 1.07. The lowest BCUT2D eigenvalue weighted by atomic mass is 9.93. The van der Waals surface area contributed by atoms with E-state index in [0.29, 0.717) is 48.7 Å². The maximum atomic E-state index is 13.8. The number of morpholine rings is 1. The van der Waals surface area contributed by atoms with Crippen LogP contribution in [0.1, 0.15) is 50.3 Å². The van der Waals surface area contributed by atoms with E-state index in [1.54, 1.807) is 12.1 Å². The van der Waals surface area contributed by atoms with Crippen molar-refractivity contribution in [1.82, 2.24) is 10.2 Å². The monoisotopic (exact) mass is 495 g/mol. The summed E-state index contributed by atoms with van der Waals surface area (Å²) in [5.74, 6) is 0.786. The molecule has 0 aliphatic carbocycles. The third-order valence-electron chi connectivity index (χ3n) is 6.88. The van der Waals surface area contributed by atoms with E-state index in [1.807, 2.05) is 22.8 Å². The fourth-order valence-corrected chi connectivity index (χ4v) is 4.95. The lowest BCUT2D eigenvalue weighted by Gasteiger charge is -2.40. The molecule has 2 N–H and O–H groups in total. The van der Waals surface area contributed by atoms with Gasteiger partial charge in [0.2, 0.25) is 0 Å². The third kappa shape index (κ3) is 4.99. The van der Waals surface area contributed by atoms with Gasteiger partial charge in [-0.25, -0.2) is 0 Å². The number of allylic oxidation sites excluding steroid dienone is 1. The molecule has 1 fully saturated rings. The second-order valence-electron chi connectivity index (χ2n) is 8.95. The first-order valence-corrected chi connectivity index (χ1v) is 12.4. The van der Waals surface area contributed by atoms with E-state index >= 15 is 0 Å². The summed E-state index contributed by atoms with van der Waals surface area (Å²) in [4.78, 5) is 17.6. The number of thiocarbonyl (C=S) groups is 1. The fourth-order valence-electron chi connectivity index (χ4n) is 4.59. The Kier molecular flexibility index (Phi) is 7.62. The van der Waals surface area contributed by atoms with Crippen LogP contribution in [-0.2, 0) is 9.53 Å². The number of hydrogen-bond donors (Lipinski definition) is 2. The van der Waals surface area contributed by atoms with Gasteiger partial charge in [-0.05, 0) is 66.9 Å². The standard InChI is InChI=1S/C27H33N3O4S/c1-5-17(2)19-6-9-21(10-7-19)30-18(3)24(26(32)29-12-14-34-15-13-29)25(28-27(30)35)20-8-11-23(33-4)22(31)16-20/h6-11,16-17,25,31H,5,12-15H2,1-4H3,(H,28,35). The molecule has 4 rings (SSSR count). The predicted molar refractivity (Wildman–Crippen MR) is 141 cm³/mol. The minimum atomic E-state index is -0.509. The van der Waals surface area contributed by atoms with Crippen LogP contribution in [0.15, 0.2) is 53.7 Å². The lowest BCUT2D eigenvalue weighted by molar-refractivity contribution is -0.131. The smallest absolute Gasteiger partial charge is 0.254 e. The number of phenolic OH excluding ortho intramolecular Hbond substituents is 1. The van der Waals surface area contributed by atoms with Crippen LogP contribution in [0.4, 0.5) is 5.69 Å². The fraction of sp³-hybridized carbons (Fsp3) is 0.407. The molecule has 2 aromatic rings. The second kappa shape index (κ2) is 10.7. The van der Waals surface area contributed by atoms with Crippen molar-refractivity contribution in [2.75, 3.05) is 38.3 Å². The highest BCUT2D eigenvalue weighted by molar-refractivity contribution is 7.80. The predicted octanol–water partition coefficient (Wildman–Crippen LogP) is 4.48. The molecule has 0 aromatic heterocycles. The van der Waals surface area contributed by atoms with Gasteiger partial charge in [0.05, 0.1) is 31.9 Å². The Balaban J connectivity index is 1.78. The number of hydrogen-bond acceptors (Lipinski definition) is 5. The minimum Gasteiger partial charge on any atom is -0.504 e. The zero-order valence-electron chi connectivity index (χ0n) is 20.7. The van der Waals surface area contributed by atoms with Crippen LogP contribution in [0.2, 0.25) is 0 Å². The summed E-state index contributed by atoms with van der Waals surface area (Å²) in [6.45, 7) is 8.41. The van der Waals surface area contributed by atoms with E-state index < -0.39 is 6.04 Å². The van der Waals surface area contributed by atoms with Crippen molar-refractivity contribution in [2.24, 2.45) is 0 Å². The van der Waals surface area contributed by atoms with Crippen LogP contribution in [-0.4, -0.2) is 54.4 Å². The highest BCUT2D eigenvalue weighted by Gasteiger charge is 2.37. The van der Waals surface area contributed by atoms with Gasteiger partial charge in [-0.2, -0.15) is 0 Å². The summed E-state index contributed by atoms with van der Waals surface area (Å²) in [6, 6.07) is 13.0. The number of carbonyl (C=O) groups excluding carboxylic acids is 1. The molecule has 1 saturated heterocycles. The Morgan fingerprint density at radius 3 is 2.51 bits per heavy atom. The molecule has 186 valence electrons. The number of aromatic hydroxyl groups is 1. The number of methoxy groups -OCH3 is 1. The van der Waals surface area contributed by atoms with Gasteiger partial charge < -0.3 is 24.8 Å². The Hall–Kier alpha value is -3.10. The number of benzene rings is 2. The third-order valence-corrected chi connectivity index (χ3v) is 7.18. The number of anilines is 1. The van der Waals surface area contributed by atoms with E-state index in [1.165, 1.54) is 12.7 Å². The van der Waals surface area contributed by atoms with Gasteiger partial charge in [0.15, 0.2) is 16.6 Å². The molecule has 0 radical (unpaired) electrons. The molecule has 0 spiro atoms. The molecule has 7 nitrogen and oxygen atoms in total. The number of carbonyl (C=O) groups is 1. The summed E-state index contributed by atoms with van der Waals surface area (Å²) in [7, 11) is 1.50. The van der Waals surface area contributed by atoms with Crippen LogP contribution < -0.4 is 15.0 Å². The lowest BCUT2D eigenvalue weighted by Crippen LogP contribution is -2.51. The number of phenols is 1. The maximum Gasteiger partial charge on any atom is 0.254 e. The van der Waals surface area contributed by atoms with Crippen molar-refractivity contribution in [3.05, 3.63) is 64.9 Å². The van der Waals surface area contributed by atoms with Crippen LogP contribution in [0, 0.1) is 0 Å². The Labute approximate surface area is 212 Å². The first kappa shape index (κ1) is 25.0. The van der Waals surface area contributed by atoms with Crippen LogP contribution in [0.25, 0.3) is 0 Å². The minimum absolute atomic E-state index is 0.0107. The van der Waals surface area contributed by atoms with Crippen molar-refractivity contribution in [3.63, 3.8) is 0 Å². The number of nitrogens with zero attached hydrogens (tertiary/aromatic N) is 2.